The fourth-order valence-electron chi connectivity index (χ4n) is 9.38. The molecule has 0 aliphatic carbocycles. The van der Waals surface area contributed by atoms with Crippen LogP contribution in [0.2, 0.25) is 0 Å². The summed E-state index contributed by atoms with van der Waals surface area (Å²) in [6.45, 7) is 17.5. The number of aryl methyl sites for hydroxylation is 2. The minimum Gasteiger partial charge on any atom is -0.505 e. The van der Waals surface area contributed by atoms with Crippen molar-refractivity contribution in [3.05, 3.63) is 107 Å². The molecule has 0 spiro atoms. The Morgan fingerprint density at radius 1 is 0.697 bits per heavy atom. The number of halogens is 3. The molecule has 6 aromatic rings. The van der Waals surface area contributed by atoms with E-state index in [4.69, 9.17) is 4.74 Å². The first kappa shape index (κ1) is 60.7. The number of aliphatic hydroxyl groups is 2. The molecule has 0 bridgehead atoms. The Morgan fingerprint density at radius 3 is 1.67 bits per heavy atom. The number of aromatic hydroxyl groups is 1. The third kappa shape index (κ3) is 16.0. The first-order chi connectivity index (χ1) is 36.3. The Morgan fingerprint density at radius 2 is 1.21 bits per heavy atom. The largest absolute Gasteiger partial charge is 0.505 e. The summed E-state index contributed by atoms with van der Waals surface area (Å²) in [5.74, 6) is 0.221. The molecule has 5 N–H and O–H groups in total. The lowest BCUT2D eigenvalue weighted by atomic mass is 10.0. The molecule has 2 fully saturated rings. The fraction of sp³-hybridized carbons (Fsp3) is 0.500. The third-order valence-corrected chi connectivity index (χ3v) is 17.5. The van der Waals surface area contributed by atoms with Gasteiger partial charge in [-0.05, 0) is 68.2 Å². The normalized spacial score (nSPS) is 19.1. The van der Waals surface area contributed by atoms with E-state index in [1.54, 1.807) is 50.6 Å². The number of ether oxygens (including phenoxy) is 1. The Bertz CT molecular complexity index is 2770. The lowest BCUT2D eigenvalue weighted by Crippen LogP contribution is -2.49. The van der Waals surface area contributed by atoms with E-state index in [-0.39, 0.29) is 66.4 Å². The van der Waals surface area contributed by atoms with E-state index in [0.717, 1.165) is 54.1 Å². The molecule has 2 unspecified atom stereocenters. The Hall–Kier alpha value is -4.55. The van der Waals surface area contributed by atoms with Gasteiger partial charge in [0.25, 0.3) is 0 Å². The van der Waals surface area contributed by atoms with Crippen molar-refractivity contribution in [3.8, 4) is 32.4 Å². The number of hydrogen-bond acceptors (Lipinski definition) is 14. The van der Waals surface area contributed by atoms with Crippen molar-refractivity contribution in [2.45, 2.75) is 117 Å². The van der Waals surface area contributed by atoms with Crippen LogP contribution in [0.4, 0.5) is 0 Å². The molecule has 412 valence electrons. The number of alkyl halides is 3. The number of amides is 3. The van der Waals surface area contributed by atoms with Crippen molar-refractivity contribution >= 4 is 88.2 Å². The van der Waals surface area contributed by atoms with Crippen LogP contribution in [-0.4, -0.2) is 139 Å². The average molecular weight is 1280 g/mol. The van der Waals surface area contributed by atoms with Crippen molar-refractivity contribution in [2.24, 2.45) is 11.8 Å². The summed E-state index contributed by atoms with van der Waals surface area (Å²) < 4.78 is 8.94. The zero-order chi connectivity index (χ0) is 55.2. The first-order valence-corrected chi connectivity index (χ1v) is 30.6. The monoisotopic (exact) mass is 1270 g/mol. The number of rotatable bonds is 19. The molecule has 0 saturated carbocycles. The van der Waals surface area contributed by atoms with E-state index >= 15 is 0 Å². The summed E-state index contributed by atoms with van der Waals surface area (Å²) in [6.07, 6.45) is 5.58. The second kappa shape index (κ2) is 28.9. The molecular weight excluding hydrogens is 1200 g/mol. The highest BCUT2D eigenvalue weighted by molar-refractivity contribution is 9.12. The van der Waals surface area contributed by atoms with Crippen LogP contribution in [-0.2, 0) is 14.4 Å². The molecule has 2 aliphatic rings. The minimum absolute atomic E-state index is 0.0262. The van der Waals surface area contributed by atoms with Gasteiger partial charge in [0.05, 0.1) is 99.9 Å². The van der Waals surface area contributed by atoms with Gasteiger partial charge < -0.3 is 35.6 Å². The molecule has 2 aliphatic heterocycles. The molecule has 8 atom stereocenters. The molecule has 2 saturated heterocycles. The second-order valence-corrected chi connectivity index (χ2v) is 23.8. The maximum absolute atomic E-state index is 13.7. The van der Waals surface area contributed by atoms with Gasteiger partial charge in [-0.15, -0.1) is 22.7 Å². The summed E-state index contributed by atoms with van der Waals surface area (Å²) in [6, 6.07) is 14.0. The van der Waals surface area contributed by atoms with Crippen LogP contribution in [0.15, 0.2) is 84.3 Å². The summed E-state index contributed by atoms with van der Waals surface area (Å²) in [4.78, 5) is 54.8. The van der Waals surface area contributed by atoms with E-state index in [0.29, 0.717) is 37.2 Å². The number of aliphatic hydroxyl groups excluding tert-OH is 2. The van der Waals surface area contributed by atoms with Crippen molar-refractivity contribution < 1.29 is 34.4 Å². The number of benzene rings is 2. The number of carbonyl (C=O) groups is 3. The number of nitrogens with one attached hydrogen (secondary N) is 2. The lowest BCUT2D eigenvalue weighted by molar-refractivity contribution is -0.142. The average Bonchev–Trinajstić information content (AvgIpc) is 4.29. The maximum atomic E-state index is 13.7. The standard InChI is InChI=1S/C27H34BrN5O4S.C25H33N5O3S.C2H4Br2/c1-16(2)24(33-14-22(12-30-33)37-10-9-28)27(36)32-13-21(34)11-23(32)26(35)31-17(3)19-5-7-20(8-6-19)25-18(4)29-15-38-25;1-15(2)23(30-12-21(32)10-27-30)13-29-11-20(31)9-22(29)25(33)28-16(3)18-5-7-19(8-6-18)24-17(4)26-14-34-24;3-1-2-4/h5-8,12,14-17,21,23-24,34H,9-11,13H2,1-4H3,(H,31,35);5-8,10,12,14-16,20,22-23,31-32H,9,11,13H2,1-4H3,(H,28,33);1-2H2/t17-,21+,23-,24?;16-,20+,22-,23?;/m00./s1. The Labute approximate surface area is 479 Å². The topological polar surface area (TPSA) is 213 Å². The van der Waals surface area contributed by atoms with Crippen molar-refractivity contribution in [2.75, 3.05) is 42.2 Å². The highest BCUT2D eigenvalue weighted by Gasteiger charge is 2.43. The molecule has 8 rings (SSSR count). The number of thiazole rings is 2. The highest BCUT2D eigenvalue weighted by Crippen LogP contribution is 2.32. The predicted molar refractivity (Wildman–Crippen MR) is 311 cm³/mol. The van der Waals surface area contributed by atoms with E-state index < -0.39 is 30.3 Å². The van der Waals surface area contributed by atoms with E-state index in [1.165, 1.54) is 11.1 Å². The SMILES string of the molecule is BrCCBr.Cc1ncsc1-c1ccc([C@H](C)NC(=O)[C@@H]2C[C@@H](O)CN2C(=O)C(C(C)C)n2cc(OCCBr)cn2)cc1.Cc1ncsc1-c1ccc([C@H](C)NC(=O)[C@@H]2C[C@@H](O)CN2CC(C(C)C)n2cc(O)cn2)cc1. The third-order valence-electron chi connectivity index (χ3n) is 13.4. The molecule has 17 nitrogen and oxygen atoms in total. The fourth-order valence-corrected chi connectivity index (χ4v) is 11.2. The van der Waals surface area contributed by atoms with Gasteiger partial charge in [0.2, 0.25) is 17.7 Å². The van der Waals surface area contributed by atoms with Crippen LogP contribution in [0.5, 0.6) is 11.5 Å². The van der Waals surface area contributed by atoms with Crippen LogP contribution >= 0.6 is 70.5 Å². The van der Waals surface area contributed by atoms with Gasteiger partial charge >= 0.3 is 0 Å². The van der Waals surface area contributed by atoms with Crippen molar-refractivity contribution in [3.63, 3.8) is 0 Å². The number of carbonyl (C=O) groups excluding carboxylic acids is 3. The lowest BCUT2D eigenvalue weighted by Gasteiger charge is -2.31. The summed E-state index contributed by atoms with van der Waals surface area (Å²) in [5, 5.41) is 48.1. The zero-order valence-electron chi connectivity index (χ0n) is 44.2. The molecule has 3 amide bonds. The predicted octanol–water partition coefficient (Wildman–Crippen LogP) is 9.43. The van der Waals surface area contributed by atoms with Gasteiger partial charge in [-0.1, -0.05) is 124 Å². The Kier molecular flexibility index (Phi) is 23.1. The van der Waals surface area contributed by atoms with Gasteiger partial charge in [0.15, 0.2) is 11.5 Å². The first-order valence-electron chi connectivity index (χ1n) is 25.4. The van der Waals surface area contributed by atoms with Crippen LogP contribution in [0.1, 0.15) is 101 Å². The quantitative estimate of drug-likeness (QED) is 0.0480. The zero-order valence-corrected chi connectivity index (χ0v) is 50.6. The summed E-state index contributed by atoms with van der Waals surface area (Å²) in [7, 11) is 0. The molecule has 4 aromatic heterocycles. The van der Waals surface area contributed by atoms with E-state index in [2.05, 4.69) is 105 Å². The number of aromatic nitrogens is 6. The smallest absolute Gasteiger partial charge is 0.248 e. The number of likely N-dealkylation sites (tertiary alicyclic amines) is 2. The van der Waals surface area contributed by atoms with Crippen molar-refractivity contribution in [1.82, 2.24) is 50.0 Å². The van der Waals surface area contributed by atoms with Gasteiger partial charge in [0.1, 0.15) is 12.1 Å². The van der Waals surface area contributed by atoms with Gasteiger partial charge in [0, 0.05) is 42.0 Å². The maximum Gasteiger partial charge on any atom is 0.248 e. The summed E-state index contributed by atoms with van der Waals surface area (Å²) in [5.41, 5.74) is 9.87. The Balaban J connectivity index is 0.000000232. The van der Waals surface area contributed by atoms with E-state index in [1.807, 2.05) is 93.9 Å². The van der Waals surface area contributed by atoms with Gasteiger partial charge in [-0.25, -0.2) is 9.97 Å². The highest BCUT2D eigenvalue weighted by atomic mass is 79.9. The molecule has 2 aromatic carbocycles. The molecule has 22 heteroatoms. The molecule has 76 heavy (non-hydrogen) atoms. The molecule has 0 radical (unpaired) electrons. The number of β-amino-alcohol motifs (C(OH)–C–C–N with tert-alkyl or cyclic N) is 2. The molecular formula is C54H71Br3N10O7S2. The second-order valence-electron chi connectivity index (χ2n) is 19.7. The number of nitrogens with zero attached hydrogens (tertiary/aromatic N) is 8. The van der Waals surface area contributed by atoms with Gasteiger partial charge in [-0.3, -0.25) is 28.6 Å². The minimum atomic E-state index is -0.768. The number of hydrogen-bond donors (Lipinski definition) is 5. The van der Waals surface area contributed by atoms with Crippen LogP contribution < -0.4 is 15.4 Å². The van der Waals surface area contributed by atoms with Crippen LogP contribution in [0.25, 0.3) is 20.9 Å². The summed E-state index contributed by atoms with van der Waals surface area (Å²) >= 11 is 12.9. The van der Waals surface area contributed by atoms with Crippen LogP contribution in [0.3, 0.4) is 0 Å². The molecule has 6 heterocycles. The van der Waals surface area contributed by atoms with Crippen molar-refractivity contribution in [1.29, 1.82) is 0 Å². The van der Waals surface area contributed by atoms with Crippen LogP contribution in [0, 0.1) is 25.7 Å². The van der Waals surface area contributed by atoms with Gasteiger partial charge in [-0.2, -0.15) is 10.2 Å². The van der Waals surface area contributed by atoms with E-state index in [9.17, 15) is 29.7 Å².